The van der Waals surface area contributed by atoms with Crippen LogP contribution in [-0.2, 0) is 17.9 Å². The van der Waals surface area contributed by atoms with E-state index in [1.165, 1.54) is 16.7 Å². The van der Waals surface area contributed by atoms with Crippen molar-refractivity contribution in [1.82, 2.24) is 25.0 Å². The first-order valence-corrected chi connectivity index (χ1v) is 11.0. The molecule has 1 N–H and O–H groups in total. The van der Waals surface area contributed by atoms with E-state index in [4.69, 9.17) is 16.3 Å². The van der Waals surface area contributed by atoms with Gasteiger partial charge >= 0.3 is 6.03 Å². The van der Waals surface area contributed by atoms with Crippen LogP contribution < -0.4 is 10.1 Å². The van der Waals surface area contributed by atoms with Gasteiger partial charge in [-0.25, -0.2) is 4.79 Å². The standard InChI is InChI=1S/C21H20ClN5O3S/c22-16-6-8-17(9-7-16)30-13-18-24-25-21(27(18)12-15-4-2-1-3-5-15)31-14-19(28)26-11-10-23-20(26)29/h1-9H,10-14H2,(H,23,29). The Balaban J connectivity index is 1.49. The van der Waals surface area contributed by atoms with Gasteiger partial charge < -0.3 is 10.1 Å². The predicted molar refractivity (Wildman–Crippen MR) is 117 cm³/mol. The van der Waals surface area contributed by atoms with E-state index in [1.807, 2.05) is 34.9 Å². The fourth-order valence-electron chi connectivity index (χ4n) is 3.05. The van der Waals surface area contributed by atoms with Crippen molar-refractivity contribution >= 4 is 35.3 Å². The van der Waals surface area contributed by atoms with Crippen molar-refractivity contribution in [3.05, 3.63) is 71.0 Å². The van der Waals surface area contributed by atoms with Crippen molar-refractivity contribution in [1.29, 1.82) is 0 Å². The molecule has 8 nitrogen and oxygen atoms in total. The summed E-state index contributed by atoms with van der Waals surface area (Å²) in [6.45, 7) is 1.61. The van der Waals surface area contributed by atoms with Crippen molar-refractivity contribution in [2.45, 2.75) is 18.3 Å². The van der Waals surface area contributed by atoms with Crippen LogP contribution in [0.25, 0.3) is 0 Å². The first kappa shape index (κ1) is 21.2. The van der Waals surface area contributed by atoms with Gasteiger partial charge in [-0.3, -0.25) is 14.3 Å². The van der Waals surface area contributed by atoms with Gasteiger partial charge in [0.25, 0.3) is 0 Å². The van der Waals surface area contributed by atoms with Crippen molar-refractivity contribution < 1.29 is 14.3 Å². The molecule has 1 saturated heterocycles. The third-order valence-corrected chi connectivity index (χ3v) is 5.84. The highest BCUT2D eigenvalue weighted by molar-refractivity contribution is 7.99. The lowest BCUT2D eigenvalue weighted by Crippen LogP contribution is -2.35. The van der Waals surface area contributed by atoms with E-state index in [9.17, 15) is 9.59 Å². The molecule has 1 aliphatic rings. The normalized spacial score (nSPS) is 13.3. The number of aromatic nitrogens is 3. The first-order chi connectivity index (χ1) is 15.1. The number of hydrogen-bond donors (Lipinski definition) is 1. The molecule has 0 radical (unpaired) electrons. The third kappa shape index (κ3) is 5.36. The quantitative estimate of drug-likeness (QED) is 0.522. The van der Waals surface area contributed by atoms with E-state index in [2.05, 4.69) is 15.5 Å². The molecule has 0 unspecified atom stereocenters. The molecule has 2 aromatic carbocycles. The van der Waals surface area contributed by atoms with Gasteiger partial charge in [-0.15, -0.1) is 10.2 Å². The molecule has 4 rings (SSSR count). The third-order valence-electron chi connectivity index (χ3n) is 4.64. The van der Waals surface area contributed by atoms with Crippen LogP contribution in [0.2, 0.25) is 5.02 Å². The fourth-order valence-corrected chi connectivity index (χ4v) is 4.01. The zero-order valence-corrected chi connectivity index (χ0v) is 18.1. The van der Waals surface area contributed by atoms with Gasteiger partial charge in [0, 0.05) is 18.1 Å². The van der Waals surface area contributed by atoms with Crippen molar-refractivity contribution in [3.63, 3.8) is 0 Å². The summed E-state index contributed by atoms with van der Waals surface area (Å²) < 4.78 is 7.76. The Morgan fingerprint density at radius 3 is 2.61 bits per heavy atom. The summed E-state index contributed by atoms with van der Waals surface area (Å²) in [7, 11) is 0. The molecule has 0 saturated carbocycles. The van der Waals surface area contributed by atoms with Crippen molar-refractivity contribution in [3.8, 4) is 5.75 Å². The lowest BCUT2D eigenvalue weighted by molar-refractivity contribution is -0.124. The molecule has 3 aromatic rings. The Bertz CT molecular complexity index is 1060. The van der Waals surface area contributed by atoms with Gasteiger partial charge in [0.2, 0.25) is 5.91 Å². The summed E-state index contributed by atoms with van der Waals surface area (Å²) in [5.41, 5.74) is 1.07. The fraction of sp³-hybridized carbons (Fsp3) is 0.238. The van der Waals surface area contributed by atoms with E-state index >= 15 is 0 Å². The molecule has 0 atom stereocenters. The van der Waals surface area contributed by atoms with Crippen LogP contribution in [0.1, 0.15) is 11.4 Å². The number of halogens is 1. The van der Waals surface area contributed by atoms with Gasteiger partial charge in [-0.2, -0.15) is 0 Å². The molecule has 31 heavy (non-hydrogen) atoms. The highest BCUT2D eigenvalue weighted by Gasteiger charge is 2.26. The van der Waals surface area contributed by atoms with Crippen LogP contribution in [0.15, 0.2) is 59.8 Å². The van der Waals surface area contributed by atoms with Gasteiger partial charge in [-0.05, 0) is 29.8 Å². The van der Waals surface area contributed by atoms with Crippen LogP contribution in [-0.4, -0.2) is 50.4 Å². The minimum absolute atomic E-state index is 0.0956. The second-order valence-electron chi connectivity index (χ2n) is 6.78. The maximum absolute atomic E-state index is 12.4. The zero-order chi connectivity index (χ0) is 21.6. The number of nitrogens with one attached hydrogen (secondary N) is 1. The highest BCUT2D eigenvalue weighted by atomic mass is 35.5. The molecule has 1 fully saturated rings. The van der Waals surface area contributed by atoms with Crippen molar-refractivity contribution in [2.24, 2.45) is 0 Å². The van der Waals surface area contributed by atoms with Gasteiger partial charge in [0.1, 0.15) is 12.4 Å². The molecular weight excluding hydrogens is 438 g/mol. The van der Waals surface area contributed by atoms with Crippen LogP contribution in [0.5, 0.6) is 5.75 Å². The Morgan fingerprint density at radius 1 is 1.13 bits per heavy atom. The second kappa shape index (κ2) is 9.84. The SMILES string of the molecule is O=C(CSc1nnc(COc2ccc(Cl)cc2)n1Cc1ccccc1)N1CCNC1=O. The van der Waals surface area contributed by atoms with E-state index in [1.54, 1.807) is 24.3 Å². The number of nitrogens with zero attached hydrogens (tertiary/aromatic N) is 4. The summed E-state index contributed by atoms with van der Waals surface area (Å²) in [4.78, 5) is 25.3. The summed E-state index contributed by atoms with van der Waals surface area (Å²) >= 11 is 7.18. The molecule has 1 aromatic heterocycles. The summed E-state index contributed by atoms with van der Waals surface area (Å²) in [5.74, 6) is 1.14. The highest BCUT2D eigenvalue weighted by Crippen LogP contribution is 2.22. The molecule has 0 spiro atoms. The smallest absolute Gasteiger partial charge is 0.324 e. The number of imide groups is 1. The van der Waals surface area contributed by atoms with Crippen LogP contribution >= 0.6 is 23.4 Å². The number of carbonyl (C=O) groups is 2. The van der Waals surface area contributed by atoms with Gasteiger partial charge in [0.05, 0.1) is 12.3 Å². The Morgan fingerprint density at radius 2 is 1.90 bits per heavy atom. The minimum atomic E-state index is -0.353. The second-order valence-corrected chi connectivity index (χ2v) is 8.16. The lowest BCUT2D eigenvalue weighted by Gasteiger charge is -2.13. The topological polar surface area (TPSA) is 89.3 Å². The molecule has 10 heteroatoms. The lowest BCUT2D eigenvalue weighted by atomic mass is 10.2. The summed E-state index contributed by atoms with van der Waals surface area (Å²) in [6.07, 6.45) is 0. The minimum Gasteiger partial charge on any atom is -0.486 e. The van der Waals surface area contributed by atoms with E-state index in [0.717, 1.165) is 5.56 Å². The molecular formula is C21H20ClN5O3S. The van der Waals surface area contributed by atoms with Crippen LogP contribution in [0, 0.1) is 0 Å². The molecule has 0 aliphatic carbocycles. The number of amides is 3. The van der Waals surface area contributed by atoms with Crippen LogP contribution in [0.4, 0.5) is 4.79 Å². The summed E-state index contributed by atoms with van der Waals surface area (Å²) in [6, 6.07) is 16.6. The number of benzene rings is 2. The van der Waals surface area contributed by atoms with E-state index in [0.29, 0.717) is 41.4 Å². The monoisotopic (exact) mass is 457 g/mol. The molecule has 1 aliphatic heterocycles. The maximum Gasteiger partial charge on any atom is 0.324 e. The summed E-state index contributed by atoms with van der Waals surface area (Å²) in [5, 5.41) is 12.4. The Hall–Kier alpha value is -3.04. The van der Waals surface area contributed by atoms with Gasteiger partial charge in [0.15, 0.2) is 11.0 Å². The molecule has 2 heterocycles. The number of carbonyl (C=O) groups excluding carboxylic acids is 2. The first-order valence-electron chi connectivity index (χ1n) is 9.65. The number of rotatable bonds is 8. The average Bonchev–Trinajstić information content (AvgIpc) is 3.38. The van der Waals surface area contributed by atoms with E-state index in [-0.39, 0.29) is 24.3 Å². The van der Waals surface area contributed by atoms with Crippen LogP contribution in [0.3, 0.4) is 0 Å². The number of ether oxygens (including phenoxy) is 1. The Kier molecular flexibility index (Phi) is 6.73. The average molecular weight is 458 g/mol. The molecule has 3 amide bonds. The number of urea groups is 1. The Labute approximate surface area is 188 Å². The van der Waals surface area contributed by atoms with Gasteiger partial charge in [-0.1, -0.05) is 53.7 Å². The molecule has 160 valence electrons. The maximum atomic E-state index is 12.4. The number of hydrogen-bond acceptors (Lipinski definition) is 6. The van der Waals surface area contributed by atoms with Crippen molar-refractivity contribution in [2.75, 3.05) is 18.8 Å². The predicted octanol–water partition coefficient (Wildman–Crippen LogP) is 3.20. The zero-order valence-electron chi connectivity index (χ0n) is 16.5. The largest absolute Gasteiger partial charge is 0.486 e. The van der Waals surface area contributed by atoms with E-state index < -0.39 is 0 Å². The number of thioether (sulfide) groups is 1. The molecule has 0 bridgehead atoms.